The van der Waals surface area contributed by atoms with Crippen LogP contribution >= 0.6 is 11.3 Å². The van der Waals surface area contributed by atoms with Gasteiger partial charge in [0, 0.05) is 30.4 Å². The Morgan fingerprint density at radius 1 is 1.48 bits per heavy atom. The quantitative estimate of drug-likeness (QED) is 0.898. The van der Waals surface area contributed by atoms with Gasteiger partial charge in [-0.2, -0.15) is 0 Å². The van der Waals surface area contributed by atoms with Crippen molar-refractivity contribution in [1.29, 1.82) is 0 Å². The molecule has 1 unspecified atom stereocenters. The second-order valence-corrected chi connectivity index (χ2v) is 7.02. The van der Waals surface area contributed by atoms with E-state index in [1.165, 1.54) is 4.88 Å². The molecule has 0 aromatic carbocycles. The van der Waals surface area contributed by atoms with Crippen LogP contribution in [0.15, 0.2) is 17.5 Å². The van der Waals surface area contributed by atoms with Gasteiger partial charge in [0.15, 0.2) is 0 Å². The summed E-state index contributed by atoms with van der Waals surface area (Å²) >= 11 is 1.69. The number of carboxylic acids is 1. The van der Waals surface area contributed by atoms with Crippen LogP contribution in [0.2, 0.25) is 0 Å². The first-order valence-electron chi connectivity index (χ1n) is 7.22. The predicted octanol–water partition coefficient (Wildman–Crippen LogP) is 2.58. The van der Waals surface area contributed by atoms with E-state index in [-0.39, 0.29) is 12.1 Å². The van der Waals surface area contributed by atoms with Gasteiger partial charge in [-0.3, -0.25) is 4.79 Å². The second kappa shape index (κ2) is 6.47. The van der Waals surface area contributed by atoms with Crippen molar-refractivity contribution in [1.82, 2.24) is 10.2 Å². The minimum atomic E-state index is -0.770. The van der Waals surface area contributed by atoms with Crippen molar-refractivity contribution >= 4 is 23.3 Å². The third-order valence-electron chi connectivity index (χ3n) is 4.13. The van der Waals surface area contributed by atoms with Crippen LogP contribution in [0.1, 0.15) is 31.6 Å². The number of likely N-dealkylation sites (tertiary alicyclic amines) is 1. The van der Waals surface area contributed by atoms with E-state index in [9.17, 15) is 14.7 Å². The molecule has 21 heavy (non-hydrogen) atoms. The Balaban J connectivity index is 1.81. The number of nitrogens with zero attached hydrogens (tertiary/aromatic N) is 1. The molecule has 2 rings (SSSR count). The van der Waals surface area contributed by atoms with Crippen LogP contribution in [-0.4, -0.2) is 41.1 Å². The number of rotatable bonds is 4. The number of urea groups is 1. The minimum absolute atomic E-state index is 0.0731. The highest BCUT2D eigenvalue weighted by atomic mass is 32.1. The summed E-state index contributed by atoms with van der Waals surface area (Å²) in [6.07, 6.45) is 1.84. The molecule has 2 heterocycles. The maximum absolute atomic E-state index is 12.2. The molecule has 116 valence electrons. The average Bonchev–Trinajstić information content (AvgIpc) is 2.91. The molecule has 0 radical (unpaired) electrons. The summed E-state index contributed by atoms with van der Waals surface area (Å²) in [7, 11) is 0. The smallest absolute Gasteiger partial charge is 0.317 e. The molecular formula is C15H22N2O3S. The molecule has 0 spiro atoms. The number of hydrogen-bond acceptors (Lipinski definition) is 3. The Morgan fingerprint density at radius 3 is 2.67 bits per heavy atom. The first-order valence-corrected chi connectivity index (χ1v) is 8.10. The lowest BCUT2D eigenvalue weighted by Crippen LogP contribution is -2.50. The van der Waals surface area contributed by atoms with Crippen LogP contribution in [0.4, 0.5) is 4.79 Å². The molecule has 6 heteroatoms. The number of carboxylic acid groups (broad SMARTS) is 1. The molecule has 2 N–H and O–H groups in total. The highest BCUT2D eigenvalue weighted by Crippen LogP contribution is 2.31. The minimum Gasteiger partial charge on any atom is -0.481 e. The zero-order valence-electron chi connectivity index (χ0n) is 12.5. The zero-order valence-corrected chi connectivity index (χ0v) is 13.3. The van der Waals surface area contributed by atoms with E-state index in [0.29, 0.717) is 25.9 Å². The van der Waals surface area contributed by atoms with E-state index in [1.807, 2.05) is 18.4 Å². The summed E-state index contributed by atoms with van der Waals surface area (Å²) in [6.45, 7) is 4.74. The average molecular weight is 310 g/mol. The predicted molar refractivity (Wildman–Crippen MR) is 82.6 cm³/mol. The van der Waals surface area contributed by atoms with Gasteiger partial charge in [0.25, 0.3) is 0 Å². The number of carbonyl (C=O) groups excluding carboxylic acids is 1. The number of nitrogens with one attached hydrogen (secondary N) is 1. The lowest BCUT2D eigenvalue weighted by atomic mass is 9.80. The monoisotopic (exact) mass is 310 g/mol. The van der Waals surface area contributed by atoms with Crippen molar-refractivity contribution in [3.8, 4) is 0 Å². The topological polar surface area (TPSA) is 69.6 Å². The number of aliphatic carboxylic acids is 1. The standard InChI is InChI=1S/C15H22N2O3S/c1-11(10-12-4-3-9-21-12)16-14(20)17-7-5-15(2,6-8-17)13(18)19/h3-4,9,11H,5-8,10H2,1-2H3,(H,16,20)(H,18,19). The summed E-state index contributed by atoms with van der Waals surface area (Å²) in [6, 6.07) is 4.05. The highest BCUT2D eigenvalue weighted by Gasteiger charge is 2.38. The van der Waals surface area contributed by atoms with E-state index >= 15 is 0 Å². The summed E-state index contributed by atoms with van der Waals surface area (Å²) in [5, 5.41) is 14.2. The molecule has 0 aliphatic carbocycles. The van der Waals surface area contributed by atoms with Crippen LogP contribution in [0, 0.1) is 5.41 Å². The molecule has 1 atom stereocenters. The Morgan fingerprint density at radius 2 is 2.14 bits per heavy atom. The normalized spacial score (nSPS) is 19.0. The Labute approximate surface area is 129 Å². The van der Waals surface area contributed by atoms with Gasteiger partial charge in [-0.1, -0.05) is 6.07 Å². The Hall–Kier alpha value is -1.56. The van der Waals surface area contributed by atoms with Gasteiger partial charge in [0.2, 0.25) is 0 Å². The number of piperidine rings is 1. The third kappa shape index (κ3) is 3.97. The molecule has 1 fully saturated rings. The van der Waals surface area contributed by atoms with Crippen LogP contribution in [0.3, 0.4) is 0 Å². The van der Waals surface area contributed by atoms with Crippen molar-refractivity contribution < 1.29 is 14.7 Å². The van der Waals surface area contributed by atoms with Gasteiger partial charge >= 0.3 is 12.0 Å². The summed E-state index contributed by atoms with van der Waals surface area (Å²) in [4.78, 5) is 26.3. The van der Waals surface area contributed by atoms with Gasteiger partial charge < -0.3 is 15.3 Å². The maximum atomic E-state index is 12.2. The molecule has 0 saturated carbocycles. The largest absolute Gasteiger partial charge is 0.481 e. The molecule has 0 bridgehead atoms. The molecule has 1 aliphatic rings. The SMILES string of the molecule is CC(Cc1cccs1)NC(=O)N1CCC(C)(C(=O)O)CC1. The van der Waals surface area contributed by atoms with Gasteiger partial charge in [-0.25, -0.2) is 4.79 Å². The Kier molecular flexibility index (Phi) is 4.88. The maximum Gasteiger partial charge on any atom is 0.317 e. The Bertz CT molecular complexity index is 493. The van der Waals surface area contributed by atoms with E-state index in [0.717, 1.165) is 6.42 Å². The number of carbonyl (C=O) groups is 2. The number of hydrogen-bond donors (Lipinski definition) is 2. The molecule has 1 aromatic rings. The van der Waals surface area contributed by atoms with Gasteiger partial charge in [-0.05, 0) is 38.1 Å². The fourth-order valence-electron chi connectivity index (χ4n) is 2.50. The first kappa shape index (κ1) is 15.8. The molecule has 2 amide bonds. The summed E-state index contributed by atoms with van der Waals surface area (Å²) < 4.78 is 0. The van der Waals surface area contributed by atoms with Crippen LogP contribution in [-0.2, 0) is 11.2 Å². The molecule has 5 nitrogen and oxygen atoms in total. The van der Waals surface area contributed by atoms with Gasteiger partial charge in [0.1, 0.15) is 0 Å². The first-order chi connectivity index (χ1) is 9.90. The fourth-order valence-corrected chi connectivity index (χ4v) is 3.34. The van der Waals surface area contributed by atoms with E-state index < -0.39 is 11.4 Å². The highest BCUT2D eigenvalue weighted by molar-refractivity contribution is 7.09. The molecule has 1 saturated heterocycles. The second-order valence-electron chi connectivity index (χ2n) is 5.99. The van der Waals surface area contributed by atoms with Crippen molar-refractivity contribution in [3.05, 3.63) is 22.4 Å². The van der Waals surface area contributed by atoms with Gasteiger partial charge in [0.05, 0.1) is 5.41 Å². The third-order valence-corrected chi connectivity index (χ3v) is 5.03. The van der Waals surface area contributed by atoms with Crippen LogP contribution < -0.4 is 5.32 Å². The lowest BCUT2D eigenvalue weighted by molar-refractivity contribution is -0.150. The van der Waals surface area contributed by atoms with E-state index in [2.05, 4.69) is 11.4 Å². The van der Waals surface area contributed by atoms with E-state index in [4.69, 9.17) is 0 Å². The summed E-state index contributed by atoms with van der Waals surface area (Å²) in [5.41, 5.74) is -0.695. The van der Waals surface area contributed by atoms with Crippen molar-refractivity contribution in [2.75, 3.05) is 13.1 Å². The van der Waals surface area contributed by atoms with Crippen LogP contribution in [0.25, 0.3) is 0 Å². The van der Waals surface area contributed by atoms with Crippen LogP contribution in [0.5, 0.6) is 0 Å². The zero-order chi connectivity index (χ0) is 15.5. The molecule has 1 aliphatic heterocycles. The van der Waals surface area contributed by atoms with Crippen molar-refractivity contribution in [3.63, 3.8) is 0 Å². The van der Waals surface area contributed by atoms with Gasteiger partial charge in [-0.15, -0.1) is 11.3 Å². The number of amides is 2. The molecule has 1 aromatic heterocycles. The molecular weight excluding hydrogens is 288 g/mol. The fraction of sp³-hybridized carbons (Fsp3) is 0.600. The van der Waals surface area contributed by atoms with Crippen molar-refractivity contribution in [2.24, 2.45) is 5.41 Å². The van der Waals surface area contributed by atoms with E-state index in [1.54, 1.807) is 23.2 Å². The van der Waals surface area contributed by atoms with Crippen molar-refractivity contribution in [2.45, 2.75) is 39.2 Å². The number of thiophene rings is 1. The summed E-state index contributed by atoms with van der Waals surface area (Å²) in [5.74, 6) is -0.770. The lowest BCUT2D eigenvalue weighted by Gasteiger charge is -2.36.